The quantitative estimate of drug-likeness (QED) is 0.729. The first kappa shape index (κ1) is 14.5. The summed E-state index contributed by atoms with van der Waals surface area (Å²) in [4.78, 5) is 11.9. The molecule has 0 aliphatic heterocycles. The van der Waals surface area contributed by atoms with Gasteiger partial charge in [-0.3, -0.25) is 4.79 Å². The van der Waals surface area contributed by atoms with E-state index in [0.717, 1.165) is 29.8 Å². The number of carbonyl (C=O) groups excluding carboxylic acids is 1. The maximum Gasteiger partial charge on any atom is 0.251 e. The summed E-state index contributed by atoms with van der Waals surface area (Å²) in [5, 5.41) is 5.95. The standard InChI is InChI=1S/C14H22N2O2/c1-4-18-9-5-8-16-14(17)13-7-6-12(15-3)10-11(13)2/h6-7,10,15H,4-5,8-9H2,1-3H3,(H,16,17). The topological polar surface area (TPSA) is 50.4 Å². The molecule has 1 rings (SSSR count). The Hall–Kier alpha value is -1.55. The van der Waals surface area contributed by atoms with E-state index in [4.69, 9.17) is 4.74 Å². The lowest BCUT2D eigenvalue weighted by atomic mass is 10.1. The fourth-order valence-electron chi connectivity index (χ4n) is 1.69. The maximum atomic E-state index is 11.9. The van der Waals surface area contributed by atoms with E-state index in [1.165, 1.54) is 0 Å². The SMILES string of the molecule is CCOCCCNC(=O)c1ccc(NC)cc1C. The Kier molecular flexibility index (Phi) is 6.22. The molecule has 0 unspecified atom stereocenters. The van der Waals surface area contributed by atoms with Crippen LogP contribution in [0.3, 0.4) is 0 Å². The van der Waals surface area contributed by atoms with Crippen molar-refractivity contribution in [2.75, 3.05) is 32.1 Å². The van der Waals surface area contributed by atoms with E-state index in [0.29, 0.717) is 13.2 Å². The summed E-state index contributed by atoms with van der Waals surface area (Å²) in [6, 6.07) is 5.72. The molecule has 100 valence electrons. The van der Waals surface area contributed by atoms with Crippen LogP contribution in [0.4, 0.5) is 5.69 Å². The largest absolute Gasteiger partial charge is 0.388 e. The lowest BCUT2D eigenvalue weighted by Gasteiger charge is -2.09. The highest BCUT2D eigenvalue weighted by molar-refractivity contribution is 5.96. The molecule has 0 bridgehead atoms. The van der Waals surface area contributed by atoms with Crippen LogP contribution >= 0.6 is 0 Å². The highest BCUT2D eigenvalue weighted by Gasteiger charge is 2.08. The Labute approximate surface area is 109 Å². The average Bonchev–Trinajstić information content (AvgIpc) is 2.38. The van der Waals surface area contributed by atoms with Crippen molar-refractivity contribution >= 4 is 11.6 Å². The number of carbonyl (C=O) groups is 1. The number of hydrogen-bond donors (Lipinski definition) is 2. The van der Waals surface area contributed by atoms with Crippen molar-refractivity contribution in [2.24, 2.45) is 0 Å². The molecular weight excluding hydrogens is 228 g/mol. The van der Waals surface area contributed by atoms with Crippen molar-refractivity contribution in [1.82, 2.24) is 5.32 Å². The normalized spacial score (nSPS) is 10.2. The Morgan fingerprint density at radius 2 is 2.17 bits per heavy atom. The van der Waals surface area contributed by atoms with Crippen molar-refractivity contribution < 1.29 is 9.53 Å². The highest BCUT2D eigenvalue weighted by Crippen LogP contribution is 2.14. The van der Waals surface area contributed by atoms with Gasteiger partial charge in [0.05, 0.1) is 0 Å². The highest BCUT2D eigenvalue weighted by atomic mass is 16.5. The van der Waals surface area contributed by atoms with Crippen molar-refractivity contribution in [1.29, 1.82) is 0 Å². The second-order valence-electron chi connectivity index (χ2n) is 4.09. The number of nitrogens with one attached hydrogen (secondary N) is 2. The minimum Gasteiger partial charge on any atom is -0.388 e. The minimum absolute atomic E-state index is 0.0216. The molecular formula is C14H22N2O2. The van der Waals surface area contributed by atoms with Crippen LogP contribution < -0.4 is 10.6 Å². The minimum atomic E-state index is -0.0216. The van der Waals surface area contributed by atoms with E-state index in [-0.39, 0.29) is 5.91 Å². The van der Waals surface area contributed by atoms with E-state index in [1.807, 2.05) is 39.1 Å². The first-order chi connectivity index (χ1) is 8.69. The smallest absolute Gasteiger partial charge is 0.251 e. The van der Waals surface area contributed by atoms with E-state index >= 15 is 0 Å². The second kappa shape index (κ2) is 7.71. The first-order valence-corrected chi connectivity index (χ1v) is 6.33. The van der Waals surface area contributed by atoms with Gasteiger partial charge in [0, 0.05) is 38.1 Å². The van der Waals surface area contributed by atoms with Gasteiger partial charge < -0.3 is 15.4 Å². The Bertz CT molecular complexity index is 391. The zero-order valence-electron chi connectivity index (χ0n) is 11.4. The predicted octanol–water partition coefficient (Wildman–Crippen LogP) is 2.19. The Morgan fingerprint density at radius 3 is 2.78 bits per heavy atom. The number of aryl methyl sites for hydroxylation is 1. The van der Waals surface area contributed by atoms with Crippen LogP contribution in [0.1, 0.15) is 29.3 Å². The summed E-state index contributed by atoms with van der Waals surface area (Å²) in [5.41, 5.74) is 2.72. The molecule has 0 aliphatic rings. The monoisotopic (exact) mass is 250 g/mol. The maximum absolute atomic E-state index is 11.9. The van der Waals surface area contributed by atoms with Gasteiger partial charge in [-0.25, -0.2) is 0 Å². The molecule has 0 saturated carbocycles. The summed E-state index contributed by atoms with van der Waals surface area (Å²) in [7, 11) is 1.86. The molecule has 18 heavy (non-hydrogen) atoms. The zero-order valence-corrected chi connectivity index (χ0v) is 11.4. The van der Waals surface area contributed by atoms with E-state index in [2.05, 4.69) is 10.6 Å². The van der Waals surface area contributed by atoms with Crippen LogP contribution in [0, 0.1) is 6.92 Å². The third-order valence-corrected chi connectivity index (χ3v) is 2.71. The molecule has 0 saturated heterocycles. The van der Waals surface area contributed by atoms with Gasteiger partial charge in [-0.2, -0.15) is 0 Å². The van der Waals surface area contributed by atoms with Crippen LogP contribution in [0.2, 0.25) is 0 Å². The number of amides is 1. The fourth-order valence-corrected chi connectivity index (χ4v) is 1.69. The van der Waals surface area contributed by atoms with Gasteiger partial charge in [0.25, 0.3) is 5.91 Å². The molecule has 0 radical (unpaired) electrons. The number of benzene rings is 1. The van der Waals surface area contributed by atoms with Gasteiger partial charge in [-0.1, -0.05) is 0 Å². The van der Waals surface area contributed by atoms with Crippen LogP contribution in [0.25, 0.3) is 0 Å². The Balaban J connectivity index is 2.46. The van der Waals surface area contributed by atoms with Crippen molar-refractivity contribution in [2.45, 2.75) is 20.3 Å². The molecule has 0 aliphatic carbocycles. The van der Waals surface area contributed by atoms with Gasteiger partial charge in [0.2, 0.25) is 0 Å². The number of anilines is 1. The molecule has 0 atom stereocenters. The summed E-state index contributed by atoms with van der Waals surface area (Å²) in [6.45, 7) is 5.96. The number of ether oxygens (including phenoxy) is 1. The molecule has 4 heteroatoms. The third kappa shape index (κ3) is 4.37. The van der Waals surface area contributed by atoms with Gasteiger partial charge in [0.1, 0.15) is 0 Å². The molecule has 4 nitrogen and oxygen atoms in total. The first-order valence-electron chi connectivity index (χ1n) is 6.33. The van der Waals surface area contributed by atoms with E-state index < -0.39 is 0 Å². The van der Waals surface area contributed by atoms with Crippen molar-refractivity contribution in [3.63, 3.8) is 0 Å². The predicted molar refractivity (Wildman–Crippen MR) is 74.2 cm³/mol. The molecule has 1 amide bonds. The van der Waals surface area contributed by atoms with Gasteiger partial charge >= 0.3 is 0 Å². The molecule has 1 aromatic carbocycles. The average molecular weight is 250 g/mol. The number of rotatable bonds is 7. The van der Waals surface area contributed by atoms with Crippen LogP contribution in [-0.4, -0.2) is 32.7 Å². The second-order valence-corrected chi connectivity index (χ2v) is 4.09. The Morgan fingerprint density at radius 1 is 1.39 bits per heavy atom. The van der Waals surface area contributed by atoms with E-state index in [1.54, 1.807) is 0 Å². The van der Waals surface area contributed by atoms with Crippen LogP contribution in [0.15, 0.2) is 18.2 Å². The zero-order chi connectivity index (χ0) is 13.4. The molecule has 0 fully saturated rings. The number of hydrogen-bond acceptors (Lipinski definition) is 3. The lowest BCUT2D eigenvalue weighted by Crippen LogP contribution is -2.26. The van der Waals surface area contributed by atoms with Gasteiger partial charge in [-0.15, -0.1) is 0 Å². The molecule has 0 heterocycles. The van der Waals surface area contributed by atoms with Crippen molar-refractivity contribution in [3.8, 4) is 0 Å². The van der Waals surface area contributed by atoms with E-state index in [9.17, 15) is 4.79 Å². The molecule has 1 aromatic rings. The summed E-state index contributed by atoms with van der Waals surface area (Å²) in [6.07, 6.45) is 0.841. The van der Waals surface area contributed by atoms with Crippen LogP contribution in [0.5, 0.6) is 0 Å². The van der Waals surface area contributed by atoms with Crippen molar-refractivity contribution in [3.05, 3.63) is 29.3 Å². The van der Waals surface area contributed by atoms with Gasteiger partial charge in [-0.05, 0) is 44.0 Å². The van der Waals surface area contributed by atoms with Gasteiger partial charge in [0.15, 0.2) is 0 Å². The summed E-state index contributed by atoms with van der Waals surface area (Å²) in [5.74, 6) is -0.0216. The lowest BCUT2D eigenvalue weighted by molar-refractivity contribution is 0.0943. The molecule has 0 aromatic heterocycles. The molecule has 0 spiro atoms. The van der Waals surface area contributed by atoms with Crippen LogP contribution in [-0.2, 0) is 4.74 Å². The molecule has 2 N–H and O–H groups in total. The summed E-state index contributed by atoms with van der Waals surface area (Å²) >= 11 is 0. The fraction of sp³-hybridized carbons (Fsp3) is 0.500. The summed E-state index contributed by atoms with van der Waals surface area (Å²) < 4.78 is 5.22. The third-order valence-electron chi connectivity index (χ3n) is 2.71.